The van der Waals surface area contributed by atoms with Crippen molar-refractivity contribution in [3.05, 3.63) is 0 Å². The third kappa shape index (κ3) is 1.73. The first-order chi connectivity index (χ1) is 7.75. The van der Waals surface area contributed by atoms with Crippen LogP contribution in [0.1, 0.15) is 38.5 Å². The summed E-state index contributed by atoms with van der Waals surface area (Å²) >= 11 is 2.12. The van der Waals surface area contributed by atoms with Gasteiger partial charge in [0, 0.05) is 11.8 Å². The molecule has 0 saturated heterocycles. The summed E-state index contributed by atoms with van der Waals surface area (Å²) in [5, 5.41) is 4.29. The van der Waals surface area contributed by atoms with E-state index in [1.54, 1.807) is 38.5 Å². The fourth-order valence-corrected chi connectivity index (χ4v) is 6.43. The van der Waals surface area contributed by atoms with E-state index in [0.717, 1.165) is 28.4 Å². The van der Waals surface area contributed by atoms with Gasteiger partial charge in [-0.2, -0.15) is 11.8 Å². The van der Waals surface area contributed by atoms with Crippen LogP contribution in [0.25, 0.3) is 0 Å². The maximum atomic E-state index is 3.42. The molecule has 0 aliphatic heterocycles. The molecule has 4 aliphatic carbocycles. The Morgan fingerprint density at radius 1 is 1.12 bits per heavy atom. The molecular weight excluding hydrogens is 214 g/mol. The fraction of sp³-hybridized carbons (Fsp3) is 1.00. The van der Waals surface area contributed by atoms with Crippen LogP contribution in [-0.4, -0.2) is 25.1 Å². The summed E-state index contributed by atoms with van der Waals surface area (Å²) in [6, 6.07) is 0. The van der Waals surface area contributed by atoms with Crippen LogP contribution in [0.15, 0.2) is 0 Å². The second-order valence-corrected chi connectivity index (χ2v) is 7.60. The van der Waals surface area contributed by atoms with Crippen molar-refractivity contribution in [1.82, 2.24) is 5.32 Å². The Morgan fingerprint density at radius 2 is 1.62 bits per heavy atom. The van der Waals surface area contributed by atoms with Crippen molar-refractivity contribution in [2.75, 3.05) is 19.8 Å². The van der Waals surface area contributed by atoms with E-state index in [0.29, 0.717) is 0 Å². The van der Waals surface area contributed by atoms with Crippen LogP contribution in [0.5, 0.6) is 0 Å². The quantitative estimate of drug-likeness (QED) is 0.809. The van der Waals surface area contributed by atoms with Gasteiger partial charge in [-0.25, -0.2) is 0 Å². The predicted octanol–water partition coefficient (Wildman–Crippen LogP) is 3.15. The fourth-order valence-electron chi connectivity index (χ4n) is 5.31. The number of hydrogen-bond acceptors (Lipinski definition) is 2. The Bertz CT molecular complexity index is 228. The van der Waals surface area contributed by atoms with Gasteiger partial charge in [0.25, 0.3) is 0 Å². The van der Waals surface area contributed by atoms with Gasteiger partial charge >= 0.3 is 0 Å². The summed E-state index contributed by atoms with van der Waals surface area (Å²) in [6.07, 6.45) is 11.7. The molecule has 0 aromatic rings. The van der Waals surface area contributed by atoms with E-state index in [1.165, 1.54) is 6.54 Å². The molecule has 0 aromatic carbocycles. The monoisotopic (exact) mass is 239 g/mol. The Hall–Kier alpha value is 0.310. The van der Waals surface area contributed by atoms with Gasteiger partial charge < -0.3 is 5.32 Å². The summed E-state index contributed by atoms with van der Waals surface area (Å²) in [6.45, 7) is 1.22. The first-order valence-electron chi connectivity index (χ1n) is 6.93. The molecule has 4 aliphatic rings. The second-order valence-electron chi connectivity index (χ2n) is 6.56. The third-order valence-corrected chi connectivity index (χ3v) is 6.68. The van der Waals surface area contributed by atoms with E-state index in [9.17, 15) is 0 Å². The first kappa shape index (κ1) is 11.4. The van der Waals surface area contributed by atoms with E-state index in [4.69, 9.17) is 0 Å². The molecule has 4 rings (SSSR count). The first-order valence-corrected chi connectivity index (χ1v) is 8.22. The van der Waals surface area contributed by atoms with Crippen molar-refractivity contribution in [1.29, 1.82) is 0 Å². The van der Waals surface area contributed by atoms with Crippen molar-refractivity contribution >= 4 is 11.8 Å². The maximum Gasteiger partial charge on any atom is 0.0226 e. The van der Waals surface area contributed by atoms with Crippen LogP contribution in [0.2, 0.25) is 0 Å². The van der Waals surface area contributed by atoms with Crippen molar-refractivity contribution in [2.45, 2.75) is 43.8 Å². The van der Waals surface area contributed by atoms with E-state index in [2.05, 4.69) is 30.4 Å². The predicted molar refractivity (Wildman–Crippen MR) is 71.8 cm³/mol. The summed E-state index contributed by atoms with van der Waals surface area (Å²) in [5.41, 5.74) is 0.719. The van der Waals surface area contributed by atoms with Crippen molar-refractivity contribution in [2.24, 2.45) is 23.2 Å². The van der Waals surface area contributed by atoms with Gasteiger partial charge in [0.1, 0.15) is 0 Å². The molecule has 1 atom stereocenters. The van der Waals surface area contributed by atoms with Gasteiger partial charge in [-0.1, -0.05) is 0 Å². The van der Waals surface area contributed by atoms with Crippen LogP contribution in [0, 0.1) is 23.2 Å². The van der Waals surface area contributed by atoms with E-state index in [-0.39, 0.29) is 0 Å². The van der Waals surface area contributed by atoms with E-state index < -0.39 is 0 Å². The third-order valence-electron chi connectivity index (χ3n) is 5.44. The smallest absolute Gasteiger partial charge is 0.0226 e. The van der Waals surface area contributed by atoms with Crippen LogP contribution in [0.4, 0.5) is 0 Å². The standard InChI is InChI=1S/C14H25NS/c1-15-9-13(16-2)14-6-10-3-11(7-14)5-12(4-10)8-14/h10-13,15H,3-9H2,1-2H3. The number of thioether (sulfide) groups is 1. The summed E-state index contributed by atoms with van der Waals surface area (Å²) in [4.78, 5) is 0. The molecule has 0 heterocycles. The van der Waals surface area contributed by atoms with Crippen LogP contribution < -0.4 is 5.32 Å². The lowest BCUT2D eigenvalue weighted by atomic mass is 9.48. The maximum absolute atomic E-state index is 3.42. The van der Waals surface area contributed by atoms with Gasteiger partial charge in [-0.05, 0) is 75.0 Å². The largest absolute Gasteiger partial charge is 0.319 e. The lowest BCUT2D eigenvalue weighted by Crippen LogP contribution is -2.52. The molecule has 1 N–H and O–H groups in total. The number of nitrogens with one attached hydrogen (secondary N) is 1. The van der Waals surface area contributed by atoms with Crippen molar-refractivity contribution in [3.63, 3.8) is 0 Å². The SMILES string of the molecule is CNCC(SC)C12CC3CC(CC(C3)C1)C2. The lowest BCUT2D eigenvalue weighted by Gasteiger charge is -2.59. The van der Waals surface area contributed by atoms with Gasteiger partial charge in [0.05, 0.1) is 0 Å². The highest BCUT2D eigenvalue weighted by Crippen LogP contribution is 2.62. The second kappa shape index (κ2) is 4.20. The molecular formula is C14H25NS. The molecule has 2 heteroatoms. The van der Waals surface area contributed by atoms with Crippen LogP contribution in [0.3, 0.4) is 0 Å². The summed E-state index contributed by atoms with van der Waals surface area (Å²) in [7, 11) is 2.11. The van der Waals surface area contributed by atoms with Gasteiger partial charge in [0.2, 0.25) is 0 Å². The van der Waals surface area contributed by atoms with Crippen molar-refractivity contribution in [3.8, 4) is 0 Å². The minimum absolute atomic E-state index is 0.719. The number of rotatable bonds is 4. The normalized spacial score (nSPS) is 47.2. The number of hydrogen-bond donors (Lipinski definition) is 1. The molecule has 1 nitrogen and oxygen atoms in total. The van der Waals surface area contributed by atoms with Gasteiger partial charge in [0.15, 0.2) is 0 Å². The molecule has 1 unspecified atom stereocenters. The molecule has 0 aromatic heterocycles. The summed E-state index contributed by atoms with van der Waals surface area (Å²) < 4.78 is 0. The van der Waals surface area contributed by atoms with E-state index in [1.807, 2.05) is 0 Å². The van der Waals surface area contributed by atoms with E-state index >= 15 is 0 Å². The van der Waals surface area contributed by atoms with Crippen LogP contribution in [-0.2, 0) is 0 Å². The molecule has 4 saturated carbocycles. The minimum Gasteiger partial charge on any atom is -0.319 e. The highest BCUT2D eigenvalue weighted by Gasteiger charge is 2.53. The van der Waals surface area contributed by atoms with Gasteiger partial charge in [-0.3, -0.25) is 0 Å². The Kier molecular flexibility index (Phi) is 3.00. The zero-order chi connectivity index (χ0) is 11.2. The van der Waals surface area contributed by atoms with Crippen molar-refractivity contribution < 1.29 is 0 Å². The lowest BCUT2D eigenvalue weighted by molar-refractivity contribution is -0.0528. The molecule has 4 bridgehead atoms. The van der Waals surface area contributed by atoms with Gasteiger partial charge in [-0.15, -0.1) is 0 Å². The Labute approximate surface area is 104 Å². The zero-order valence-corrected chi connectivity index (χ0v) is 11.5. The zero-order valence-electron chi connectivity index (χ0n) is 10.7. The minimum atomic E-state index is 0.719. The Morgan fingerprint density at radius 3 is 2.00 bits per heavy atom. The highest BCUT2D eigenvalue weighted by molar-refractivity contribution is 7.99. The molecule has 4 fully saturated rings. The molecule has 0 amide bonds. The Balaban J connectivity index is 1.81. The average Bonchev–Trinajstić information content (AvgIpc) is 2.23. The molecule has 0 radical (unpaired) electrons. The molecule has 0 spiro atoms. The summed E-state index contributed by atoms with van der Waals surface area (Å²) in [5.74, 6) is 3.29. The average molecular weight is 239 g/mol. The molecule has 16 heavy (non-hydrogen) atoms. The van der Waals surface area contributed by atoms with Crippen LogP contribution >= 0.6 is 11.8 Å². The highest BCUT2D eigenvalue weighted by atomic mass is 32.2. The molecule has 92 valence electrons. The topological polar surface area (TPSA) is 12.0 Å².